The van der Waals surface area contributed by atoms with Crippen LogP contribution in [0, 0.1) is 23.7 Å². The van der Waals surface area contributed by atoms with Crippen molar-refractivity contribution < 1.29 is 0 Å². The SMILES string of the molecule is C#CC(C)(C)CC(C)(C)SSCCC(C)C. The standard InChI is InChI=1S/C14H26S2/c1-8-13(4,5)11-14(6,7)16-15-10-9-12(2)3/h1,12H,9-11H2,2-7H3. The molecule has 0 atom stereocenters. The molecule has 0 N–H and O–H groups in total. The first-order valence-electron chi connectivity index (χ1n) is 5.97. The van der Waals surface area contributed by atoms with Crippen LogP contribution in [0.15, 0.2) is 0 Å². The highest BCUT2D eigenvalue weighted by Gasteiger charge is 2.28. The van der Waals surface area contributed by atoms with Gasteiger partial charge in [-0.2, -0.15) is 0 Å². The monoisotopic (exact) mass is 258 g/mol. The van der Waals surface area contributed by atoms with Crippen molar-refractivity contribution in [2.75, 3.05) is 5.75 Å². The maximum Gasteiger partial charge on any atom is 0.0269 e. The van der Waals surface area contributed by atoms with Gasteiger partial charge in [0.1, 0.15) is 0 Å². The first-order valence-corrected chi connectivity index (χ1v) is 8.29. The van der Waals surface area contributed by atoms with Crippen LogP contribution in [-0.2, 0) is 0 Å². The van der Waals surface area contributed by atoms with Crippen LogP contribution in [0.4, 0.5) is 0 Å². The second-order valence-corrected chi connectivity index (χ2v) is 9.18. The number of hydrogen-bond acceptors (Lipinski definition) is 2. The molecule has 0 saturated carbocycles. The molecule has 0 unspecified atom stereocenters. The maximum absolute atomic E-state index is 5.54. The normalized spacial score (nSPS) is 12.9. The summed E-state index contributed by atoms with van der Waals surface area (Å²) in [6.45, 7) is 13.4. The zero-order valence-corrected chi connectivity index (χ0v) is 13.2. The number of terminal acetylenes is 1. The molecule has 0 rings (SSSR count). The average molecular weight is 258 g/mol. The van der Waals surface area contributed by atoms with E-state index in [1.54, 1.807) is 0 Å². The molecule has 0 fully saturated rings. The Kier molecular flexibility index (Phi) is 6.98. The van der Waals surface area contributed by atoms with Gasteiger partial charge in [0.05, 0.1) is 0 Å². The first kappa shape index (κ1) is 16.3. The minimum absolute atomic E-state index is 0.00904. The van der Waals surface area contributed by atoms with E-state index < -0.39 is 0 Å². The Morgan fingerprint density at radius 3 is 2.19 bits per heavy atom. The molecule has 0 bridgehead atoms. The summed E-state index contributed by atoms with van der Waals surface area (Å²) in [6, 6.07) is 0. The summed E-state index contributed by atoms with van der Waals surface area (Å²) in [5.74, 6) is 4.93. The molecule has 94 valence electrons. The molecule has 0 nitrogen and oxygen atoms in total. The van der Waals surface area contributed by atoms with Crippen molar-refractivity contribution in [3.05, 3.63) is 0 Å². The summed E-state index contributed by atoms with van der Waals surface area (Å²) in [4.78, 5) is 0. The molecule has 0 aliphatic rings. The van der Waals surface area contributed by atoms with Gasteiger partial charge in [-0.1, -0.05) is 35.4 Å². The molecule has 0 aromatic carbocycles. The van der Waals surface area contributed by atoms with Crippen LogP contribution in [0.25, 0.3) is 0 Å². The lowest BCUT2D eigenvalue weighted by Crippen LogP contribution is -2.23. The summed E-state index contributed by atoms with van der Waals surface area (Å²) in [6.07, 6.45) is 7.91. The number of rotatable bonds is 7. The van der Waals surface area contributed by atoms with Crippen LogP contribution < -0.4 is 0 Å². The summed E-state index contributed by atoms with van der Waals surface area (Å²) >= 11 is 0. The largest absolute Gasteiger partial charge is 0.120 e. The van der Waals surface area contributed by atoms with Gasteiger partial charge in [0, 0.05) is 15.9 Å². The van der Waals surface area contributed by atoms with Gasteiger partial charge < -0.3 is 0 Å². The van der Waals surface area contributed by atoms with Crippen LogP contribution in [0.5, 0.6) is 0 Å². The third-order valence-corrected chi connectivity index (χ3v) is 5.64. The lowest BCUT2D eigenvalue weighted by atomic mass is 9.84. The molecule has 0 spiro atoms. The Morgan fingerprint density at radius 2 is 1.75 bits per heavy atom. The van der Waals surface area contributed by atoms with Crippen LogP contribution in [0.2, 0.25) is 0 Å². The molecule has 0 heterocycles. The summed E-state index contributed by atoms with van der Waals surface area (Å²) in [5, 5.41) is 0. The predicted molar refractivity (Wildman–Crippen MR) is 80.8 cm³/mol. The quantitative estimate of drug-likeness (QED) is 0.348. The van der Waals surface area contributed by atoms with Gasteiger partial charge in [-0.25, -0.2) is 0 Å². The molecule has 0 radical (unpaired) electrons. The van der Waals surface area contributed by atoms with Crippen LogP contribution in [-0.4, -0.2) is 10.5 Å². The minimum Gasteiger partial charge on any atom is -0.120 e. The van der Waals surface area contributed by atoms with Gasteiger partial charge in [0.25, 0.3) is 0 Å². The van der Waals surface area contributed by atoms with Crippen molar-refractivity contribution >= 4 is 21.6 Å². The summed E-state index contributed by atoms with van der Waals surface area (Å²) in [7, 11) is 3.97. The highest BCUT2D eigenvalue weighted by Crippen LogP contribution is 2.43. The van der Waals surface area contributed by atoms with Crippen LogP contribution >= 0.6 is 21.6 Å². The van der Waals surface area contributed by atoms with Gasteiger partial charge >= 0.3 is 0 Å². The van der Waals surface area contributed by atoms with Gasteiger partial charge in [0.2, 0.25) is 0 Å². The minimum atomic E-state index is 0.00904. The zero-order chi connectivity index (χ0) is 12.8. The van der Waals surface area contributed by atoms with Crippen molar-refractivity contribution in [2.24, 2.45) is 11.3 Å². The van der Waals surface area contributed by atoms with E-state index in [-0.39, 0.29) is 10.2 Å². The molecule has 0 aliphatic heterocycles. The molecule has 2 heteroatoms. The topological polar surface area (TPSA) is 0 Å². The fourth-order valence-corrected chi connectivity index (χ4v) is 4.69. The molecule has 0 amide bonds. The van der Waals surface area contributed by atoms with E-state index in [1.807, 2.05) is 21.6 Å². The molecule has 16 heavy (non-hydrogen) atoms. The Balaban J connectivity index is 3.93. The lowest BCUT2D eigenvalue weighted by molar-refractivity contribution is 0.407. The Bertz CT molecular complexity index is 234. The van der Waals surface area contributed by atoms with E-state index in [1.165, 1.54) is 12.2 Å². The summed E-state index contributed by atoms with van der Waals surface area (Å²) in [5.41, 5.74) is 0.00904. The number of hydrogen-bond donors (Lipinski definition) is 0. The van der Waals surface area contributed by atoms with E-state index in [0.29, 0.717) is 0 Å². The second-order valence-electron chi connectivity index (χ2n) is 6.05. The maximum atomic E-state index is 5.54. The van der Waals surface area contributed by atoms with Crippen molar-refractivity contribution in [3.8, 4) is 12.3 Å². The average Bonchev–Trinajstić information content (AvgIpc) is 2.11. The Hall–Kier alpha value is 0.260. The fraction of sp³-hybridized carbons (Fsp3) is 0.857. The van der Waals surface area contributed by atoms with Crippen LogP contribution in [0.3, 0.4) is 0 Å². The third-order valence-electron chi connectivity index (χ3n) is 2.32. The smallest absolute Gasteiger partial charge is 0.0269 e. The van der Waals surface area contributed by atoms with Gasteiger partial charge in [-0.15, -0.1) is 12.3 Å². The molecule has 0 aliphatic carbocycles. The third kappa shape index (κ3) is 8.42. The second kappa shape index (κ2) is 6.87. The van der Waals surface area contributed by atoms with E-state index in [0.717, 1.165) is 12.3 Å². The highest BCUT2D eigenvalue weighted by molar-refractivity contribution is 8.77. The van der Waals surface area contributed by atoms with Crippen LogP contribution in [0.1, 0.15) is 54.4 Å². The molecule has 0 aromatic rings. The zero-order valence-electron chi connectivity index (χ0n) is 11.6. The van der Waals surface area contributed by atoms with E-state index >= 15 is 0 Å². The molecule has 0 aromatic heterocycles. The van der Waals surface area contributed by atoms with Crippen molar-refractivity contribution in [2.45, 2.75) is 59.1 Å². The van der Waals surface area contributed by atoms with Crippen molar-refractivity contribution in [1.82, 2.24) is 0 Å². The van der Waals surface area contributed by atoms with Gasteiger partial charge in [0.15, 0.2) is 0 Å². The molecular weight excluding hydrogens is 232 g/mol. The van der Waals surface area contributed by atoms with Gasteiger partial charge in [-0.3, -0.25) is 0 Å². The van der Waals surface area contributed by atoms with E-state index in [4.69, 9.17) is 6.42 Å². The van der Waals surface area contributed by atoms with Crippen molar-refractivity contribution in [3.63, 3.8) is 0 Å². The van der Waals surface area contributed by atoms with E-state index in [2.05, 4.69) is 47.5 Å². The Morgan fingerprint density at radius 1 is 1.19 bits per heavy atom. The molecule has 0 saturated heterocycles. The van der Waals surface area contributed by atoms with Crippen molar-refractivity contribution in [1.29, 1.82) is 0 Å². The Labute approximate surface area is 110 Å². The predicted octanol–water partition coefficient (Wildman–Crippen LogP) is 5.24. The van der Waals surface area contributed by atoms with Gasteiger partial charge in [-0.05, 0) is 46.5 Å². The summed E-state index contributed by atoms with van der Waals surface area (Å²) < 4.78 is 0.261. The molecular formula is C14H26S2. The van der Waals surface area contributed by atoms with E-state index in [9.17, 15) is 0 Å². The fourth-order valence-electron chi connectivity index (χ4n) is 1.63. The lowest BCUT2D eigenvalue weighted by Gasteiger charge is -2.30. The highest BCUT2D eigenvalue weighted by atomic mass is 33.1. The first-order chi connectivity index (χ1) is 7.18.